The van der Waals surface area contributed by atoms with Gasteiger partial charge in [-0.15, -0.1) is 0 Å². The Morgan fingerprint density at radius 1 is 1.22 bits per heavy atom. The normalized spacial score (nSPS) is 10.6. The Morgan fingerprint density at radius 2 is 2.00 bits per heavy atom. The molecule has 0 aliphatic rings. The van der Waals surface area contributed by atoms with Gasteiger partial charge in [-0.05, 0) is 58.0 Å². The summed E-state index contributed by atoms with van der Waals surface area (Å²) >= 11 is 0. The smallest absolute Gasteiger partial charge is 0.0146 e. The summed E-state index contributed by atoms with van der Waals surface area (Å²) in [4.78, 5) is 0. The molecule has 2 aromatic carbocycles. The van der Waals surface area contributed by atoms with Gasteiger partial charge in [0.1, 0.15) is 0 Å². The average molecular weight is 236 g/mol. The lowest BCUT2D eigenvalue weighted by Crippen LogP contribution is -1.91. The van der Waals surface area contributed by atoms with Gasteiger partial charge >= 0.3 is 0 Å². The van der Waals surface area contributed by atoms with Crippen molar-refractivity contribution >= 4 is 22.4 Å². The summed E-state index contributed by atoms with van der Waals surface area (Å²) in [5, 5.41) is 2.63. The van der Waals surface area contributed by atoms with Crippen LogP contribution in [0.15, 0.2) is 43.5 Å². The van der Waals surface area contributed by atoms with Gasteiger partial charge in [0.25, 0.3) is 0 Å². The number of rotatable bonds is 4. The topological polar surface area (TPSA) is 0 Å². The van der Waals surface area contributed by atoms with E-state index >= 15 is 0 Å². The van der Waals surface area contributed by atoms with Crippen molar-refractivity contribution in [3.8, 4) is 0 Å². The second-order valence-corrected chi connectivity index (χ2v) is 4.59. The largest absolute Gasteiger partial charge is 0.0984 e. The van der Waals surface area contributed by atoms with Crippen LogP contribution < -0.4 is 0 Å². The molecule has 0 saturated heterocycles. The Balaban J connectivity index is 2.77. The summed E-state index contributed by atoms with van der Waals surface area (Å²) < 4.78 is 0. The molecule has 0 heterocycles. The third kappa shape index (κ3) is 2.11. The van der Waals surface area contributed by atoms with E-state index in [2.05, 4.69) is 57.3 Å². The van der Waals surface area contributed by atoms with Gasteiger partial charge in [-0.25, -0.2) is 0 Å². The molecule has 2 aromatic rings. The van der Waals surface area contributed by atoms with Gasteiger partial charge in [-0.1, -0.05) is 51.3 Å². The molecular formula is C18H20. The van der Waals surface area contributed by atoms with E-state index in [1.807, 2.05) is 6.08 Å². The Hall–Kier alpha value is -1.82. The molecule has 0 unspecified atom stereocenters. The second-order valence-electron chi connectivity index (χ2n) is 4.59. The van der Waals surface area contributed by atoms with E-state index in [4.69, 9.17) is 0 Å². The summed E-state index contributed by atoms with van der Waals surface area (Å²) in [6, 6.07) is 11.0. The first-order valence-corrected chi connectivity index (χ1v) is 6.57. The molecule has 0 bridgehead atoms. The molecule has 0 saturated carbocycles. The average Bonchev–Trinajstić information content (AvgIpc) is 2.44. The molecule has 0 nitrogen and oxygen atoms in total. The van der Waals surface area contributed by atoms with Crippen molar-refractivity contribution < 1.29 is 0 Å². The first kappa shape index (κ1) is 12.6. The summed E-state index contributed by atoms with van der Waals surface area (Å²) in [6.45, 7) is 12.4. The summed E-state index contributed by atoms with van der Waals surface area (Å²) in [6.07, 6.45) is 3.96. The number of benzene rings is 2. The Kier molecular flexibility index (Phi) is 3.66. The summed E-state index contributed by atoms with van der Waals surface area (Å²) in [5.41, 5.74) is 4.99. The quantitative estimate of drug-likeness (QED) is 0.660. The summed E-state index contributed by atoms with van der Waals surface area (Å²) in [5.74, 6) is 0. The Labute approximate surface area is 110 Å². The van der Waals surface area contributed by atoms with Crippen LogP contribution in [0.2, 0.25) is 0 Å². The van der Waals surface area contributed by atoms with Crippen LogP contribution in [0.1, 0.15) is 37.0 Å². The molecule has 0 atom stereocenters. The molecule has 0 spiro atoms. The van der Waals surface area contributed by atoms with Crippen LogP contribution >= 0.6 is 0 Å². The van der Waals surface area contributed by atoms with E-state index in [0.29, 0.717) is 0 Å². The molecular weight excluding hydrogens is 216 g/mol. The minimum absolute atomic E-state index is 0.973. The van der Waals surface area contributed by atoms with Crippen molar-refractivity contribution in [2.45, 2.75) is 26.7 Å². The van der Waals surface area contributed by atoms with Crippen molar-refractivity contribution in [1.82, 2.24) is 0 Å². The van der Waals surface area contributed by atoms with Gasteiger partial charge in [0.05, 0.1) is 0 Å². The van der Waals surface area contributed by atoms with E-state index in [9.17, 15) is 0 Å². The molecule has 0 aliphatic heterocycles. The highest BCUT2D eigenvalue weighted by atomic mass is 14.1. The van der Waals surface area contributed by atoms with Crippen molar-refractivity contribution in [3.05, 3.63) is 60.2 Å². The highest BCUT2D eigenvalue weighted by molar-refractivity contribution is 5.92. The van der Waals surface area contributed by atoms with Crippen LogP contribution in [-0.2, 0) is 6.42 Å². The molecule has 0 N–H and O–H groups in total. The number of hydrogen-bond donors (Lipinski definition) is 0. The number of allylic oxidation sites excluding steroid dienone is 1. The molecule has 18 heavy (non-hydrogen) atoms. The highest BCUT2D eigenvalue weighted by Gasteiger charge is 2.07. The van der Waals surface area contributed by atoms with Crippen molar-refractivity contribution in [2.24, 2.45) is 0 Å². The van der Waals surface area contributed by atoms with E-state index in [-0.39, 0.29) is 0 Å². The Bertz CT molecular complexity index is 603. The van der Waals surface area contributed by atoms with Gasteiger partial charge in [0.2, 0.25) is 0 Å². The maximum atomic E-state index is 4.17. The van der Waals surface area contributed by atoms with Crippen LogP contribution in [0.25, 0.3) is 22.4 Å². The van der Waals surface area contributed by atoms with Crippen molar-refractivity contribution in [1.29, 1.82) is 0 Å². The number of hydrogen-bond acceptors (Lipinski definition) is 0. The van der Waals surface area contributed by atoms with E-state index in [0.717, 1.165) is 12.8 Å². The molecule has 0 radical (unpaired) electrons. The molecule has 0 aliphatic carbocycles. The molecule has 92 valence electrons. The third-order valence-electron chi connectivity index (χ3n) is 3.55. The molecule has 2 rings (SSSR count). The molecule has 0 amide bonds. The van der Waals surface area contributed by atoms with Crippen LogP contribution in [0.4, 0.5) is 0 Å². The maximum absolute atomic E-state index is 4.17. The number of fused-ring (bicyclic) bond motifs is 1. The fourth-order valence-corrected chi connectivity index (χ4v) is 2.38. The van der Waals surface area contributed by atoms with Gasteiger partial charge in [0.15, 0.2) is 0 Å². The predicted octanol–water partition coefficient (Wildman–Crippen LogP) is 5.47. The molecule has 0 fully saturated rings. The standard InChI is InChI=1S/C18H20/c1-5-13(4)17-12-18-14(6-2)9-8-10-16(18)11-15(17)7-3/h7-12H,3-6H2,1-2H3. The maximum Gasteiger partial charge on any atom is -0.0146 e. The lowest BCUT2D eigenvalue weighted by atomic mass is 9.92. The Morgan fingerprint density at radius 3 is 2.61 bits per heavy atom. The second kappa shape index (κ2) is 5.22. The van der Waals surface area contributed by atoms with Crippen molar-refractivity contribution in [2.75, 3.05) is 0 Å². The lowest BCUT2D eigenvalue weighted by molar-refractivity contribution is 1.16. The van der Waals surface area contributed by atoms with Gasteiger partial charge in [0, 0.05) is 0 Å². The van der Waals surface area contributed by atoms with Crippen LogP contribution in [-0.4, -0.2) is 0 Å². The van der Waals surface area contributed by atoms with Crippen molar-refractivity contribution in [3.63, 3.8) is 0 Å². The van der Waals surface area contributed by atoms with Crippen LogP contribution in [0.3, 0.4) is 0 Å². The lowest BCUT2D eigenvalue weighted by Gasteiger charge is -2.12. The zero-order valence-electron chi connectivity index (χ0n) is 11.3. The third-order valence-corrected chi connectivity index (χ3v) is 3.55. The fourth-order valence-electron chi connectivity index (χ4n) is 2.38. The predicted molar refractivity (Wildman–Crippen MR) is 82.7 cm³/mol. The SMILES string of the molecule is C=Cc1cc2cccc(CC)c2cc1C(=C)CC. The molecule has 0 heteroatoms. The van der Waals surface area contributed by atoms with Gasteiger partial charge in [-0.3, -0.25) is 0 Å². The summed E-state index contributed by atoms with van der Waals surface area (Å²) in [7, 11) is 0. The zero-order chi connectivity index (χ0) is 13.1. The minimum atomic E-state index is 0.973. The number of aryl methyl sites for hydroxylation is 1. The van der Waals surface area contributed by atoms with Crippen LogP contribution in [0, 0.1) is 0 Å². The van der Waals surface area contributed by atoms with E-state index < -0.39 is 0 Å². The minimum Gasteiger partial charge on any atom is -0.0984 e. The van der Waals surface area contributed by atoms with Gasteiger partial charge in [-0.2, -0.15) is 0 Å². The first-order chi connectivity index (χ1) is 8.71. The first-order valence-electron chi connectivity index (χ1n) is 6.57. The molecule has 0 aromatic heterocycles. The monoisotopic (exact) mass is 236 g/mol. The van der Waals surface area contributed by atoms with Gasteiger partial charge < -0.3 is 0 Å². The van der Waals surface area contributed by atoms with E-state index in [1.54, 1.807) is 0 Å². The van der Waals surface area contributed by atoms with Crippen LogP contribution in [0.5, 0.6) is 0 Å². The van der Waals surface area contributed by atoms with E-state index in [1.165, 1.54) is 33.0 Å². The fraction of sp³-hybridized carbons (Fsp3) is 0.222. The zero-order valence-corrected chi connectivity index (χ0v) is 11.3. The highest BCUT2D eigenvalue weighted by Crippen LogP contribution is 2.29.